The lowest BCUT2D eigenvalue weighted by atomic mass is 9.33. The van der Waals surface area contributed by atoms with Crippen LogP contribution in [-0.2, 0) is 32.5 Å². The number of fused-ring (bicyclic) bond motifs is 30. The number of hydrogen-bond donors (Lipinski definition) is 0. The summed E-state index contributed by atoms with van der Waals surface area (Å²) >= 11 is 7.76. The van der Waals surface area contributed by atoms with E-state index in [0.29, 0.717) is 0 Å². The Kier molecular flexibility index (Phi) is 16.4. The molecule has 4 atom stereocenters. The van der Waals surface area contributed by atoms with Crippen LogP contribution in [0.1, 0.15) is 196 Å². The Hall–Kier alpha value is -11.6. The van der Waals surface area contributed by atoms with Gasteiger partial charge in [-0.1, -0.05) is 299 Å². The Balaban J connectivity index is 0.000000135. The molecule has 6 nitrogen and oxygen atoms in total. The molecule has 28 rings (SSSR count). The van der Waals surface area contributed by atoms with Crippen LogP contribution in [-0.4, -0.2) is 33.6 Å². The molecule has 2 saturated carbocycles. The number of hydrogen-bond acceptors (Lipinski definition) is 8. The number of nitrogens with zero attached hydrogens (tertiary/aromatic N) is 6. The first-order valence-corrected chi connectivity index (χ1v) is 51.6. The van der Waals surface area contributed by atoms with Gasteiger partial charge in [0, 0.05) is 134 Å². The highest BCUT2D eigenvalue weighted by Crippen LogP contribution is 2.66. The summed E-state index contributed by atoms with van der Waals surface area (Å²) in [5.74, 6) is 0. The molecular formula is C120H108B2N6S4. The van der Waals surface area contributed by atoms with E-state index in [9.17, 15) is 0 Å². The second-order valence-corrected chi connectivity index (χ2v) is 49.1. The van der Waals surface area contributed by atoms with Gasteiger partial charge in [-0.2, -0.15) is 0 Å². The van der Waals surface area contributed by atoms with Crippen LogP contribution in [0.25, 0.3) is 114 Å². The highest BCUT2D eigenvalue weighted by molar-refractivity contribution is 7.28. The molecule has 4 unspecified atom stereocenters. The number of para-hydroxylation sites is 2. The zero-order chi connectivity index (χ0) is 89.6. The Labute approximate surface area is 790 Å². The van der Waals surface area contributed by atoms with Crippen LogP contribution >= 0.6 is 45.3 Å². The molecule has 2 aliphatic carbocycles. The summed E-state index contributed by atoms with van der Waals surface area (Å²) in [6, 6.07) is 105. The lowest BCUT2D eigenvalue weighted by Gasteiger charge is -2.51. The second-order valence-electron chi connectivity index (χ2n) is 44.9. The molecule has 0 amide bonds. The van der Waals surface area contributed by atoms with Crippen LogP contribution < -0.4 is 52.4 Å². The predicted octanol–water partition coefficient (Wildman–Crippen LogP) is 30.6. The maximum atomic E-state index is 2.84. The molecule has 0 bridgehead atoms. The van der Waals surface area contributed by atoms with Crippen molar-refractivity contribution in [3.05, 3.63) is 300 Å². The monoisotopic (exact) mass is 1780 g/mol. The predicted molar refractivity (Wildman–Crippen MR) is 577 cm³/mol. The third kappa shape index (κ3) is 10.6. The third-order valence-corrected chi connectivity index (χ3v) is 38.4. The fourth-order valence-corrected chi connectivity index (χ4v) is 31.3. The maximum absolute atomic E-state index is 2.84. The van der Waals surface area contributed by atoms with E-state index in [4.69, 9.17) is 0 Å². The molecule has 12 heterocycles. The largest absolute Gasteiger partial charge is 0.334 e. The van der Waals surface area contributed by atoms with Gasteiger partial charge in [0.05, 0.1) is 58.6 Å². The molecule has 0 N–H and O–H groups in total. The average Bonchev–Trinajstić information content (AvgIpc) is 1.38. The summed E-state index contributed by atoms with van der Waals surface area (Å²) < 4.78 is 16.2. The first-order valence-electron chi connectivity index (χ1n) is 48.4. The van der Waals surface area contributed by atoms with Crippen molar-refractivity contribution >= 4 is 251 Å². The van der Waals surface area contributed by atoms with Crippen LogP contribution in [0.15, 0.2) is 267 Å². The van der Waals surface area contributed by atoms with Gasteiger partial charge in [0.1, 0.15) is 0 Å². The molecule has 12 heteroatoms. The number of thiophene rings is 4. The van der Waals surface area contributed by atoms with E-state index in [-0.39, 0.29) is 57.0 Å². The SMILES string of the molecule is CC(C)(C)c1ccc2c(c1)N(c1cccc3c1sc1ccccc13)c1cc(N3c4ccc(C(C)(C)C)cc4C4(C)CCCCC34C)cc3c1B2c1cccc2c4sc5ccccc5c4n-3c12.CC(C)(C)c1ccc2c(c1)N(c1cccc3sc4ccccc4c13)c1cc(N3c4ccc(C(C)(C)C)cc4C4(C)CCCCC34C)cc3c1B2c1cccc2c4sc5ccccc5c4n-3c12. The number of aromatic nitrogens is 2. The Morgan fingerprint density at radius 1 is 0.265 bits per heavy atom. The summed E-state index contributed by atoms with van der Waals surface area (Å²) in [5, 5.41) is 10.7. The molecule has 14 aromatic carbocycles. The molecule has 20 aromatic rings. The first kappa shape index (κ1) is 80.1. The van der Waals surface area contributed by atoms with Gasteiger partial charge >= 0.3 is 0 Å². The van der Waals surface area contributed by atoms with Crippen molar-refractivity contribution in [1.82, 2.24) is 9.13 Å². The Morgan fingerprint density at radius 2 is 0.629 bits per heavy atom. The molecular weight excluding hydrogens is 1680 g/mol. The standard InChI is InChI=1S/2C60H54BN3S2/c1-57(2,3)35-26-28-45-42(31-35)59(7)29-13-14-30-60(59,8)64(45)37-33-48-52-49(34-37)63-53-41(56-54(63)40-18-10-12-24-51(40)66-56)20-15-21-44(53)61(52)43-27-25-36(58(4,5)6)32-47(43)62(48)46-22-16-19-39-38-17-9-11-23-50(38)65-55(39)46;1-57(2,3)35-26-28-44-41(31-35)59(7)29-13-14-30-60(59,8)64(44)37-33-47-53-48(34-37)63-54-40(56-55(63)39-18-10-12-23-50(39)66-56)19-15-20-43(54)61(53)42-27-25-36(58(4,5)6)32-46(42)62(47)45-21-16-24-51-52(45)38-17-9-11-22-49(38)65-51/h2*9-12,15-28,31-34H,13-14,29-30H2,1-8H3. The zero-order valence-electron chi connectivity index (χ0n) is 78.5. The lowest BCUT2D eigenvalue weighted by molar-refractivity contribution is 0.195. The van der Waals surface area contributed by atoms with Crippen molar-refractivity contribution < 1.29 is 0 Å². The molecule has 0 spiro atoms. The average molecular weight is 1780 g/mol. The van der Waals surface area contributed by atoms with E-state index in [1.54, 1.807) is 0 Å². The van der Waals surface area contributed by atoms with Crippen molar-refractivity contribution in [3.8, 4) is 11.4 Å². The minimum Gasteiger partial charge on any atom is -0.334 e. The van der Waals surface area contributed by atoms with Gasteiger partial charge in [-0.3, -0.25) is 0 Å². The van der Waals surface area contributed by atoms with Gasteiger partial charge in [0.15, 0.2) is 0 Å². The van der Waals surface area contributed by atoms with E-state index >= 15 is 0 Å². The molecule has 6 aromatic heterocycles. The second kappa shape index (κ2) is 27.1. The molecule has 6 aliphatic heterocycles. The zero-order valence-corrected chi connectivity index (χ0v) is 81.8. The van der Waals surface area contributed by atoms with Gasteiger partial charge in [-0.05, 0) is 218 Å². The molecule has 648 valence electrons. The third-order valence-electron chi connectivity index (χ3n) is 33.7. The topological polar surface area (TPSA) is 22.8 Å². The summed E-state index contributed by atoms with van der Waals surface area (Å²) in [4.78, 5) is 11.1. The normalized spacial score (nSPS) is 19.9. The van der Waals surface area contributed by atoms with Gasteiger partial charge < -0.3 is 28.7 Å². The van der Waals surface area contributed by atoms with Gasteiger partial charge in [0.25, 0.3) is 13.4 Å². The van der Waals surface area contributed by atoms with Crippen LogP contribution in [0.2, 0.25) is 0 Å². The lowest BCUT2D eigenvalue weighted by Crippen LogP contribution is -2.60. The fraction of sp³-hybridized carbons (Fsp3) is 0.267. The van der Waals surface area contributed by atoms with Crippen LogP contribution in [0.4, 0.5) is 56.9 Å². The van der Waals surface area contributed by atoms with Gasteiger partial charge in [0.2, 0.25) is 0 Å². The van der Waals surface area contributed by atoms with E-state index in [1.165, 1.54) is 276 Å². The quantitative estimate of drug-likeness (QED) is 0.164. The van der Waals surface area contributed by atoms with E-state index < -0.39 is 0 Å². The van der Waals surface area contributed by atoms with Gasteiger partial charge in [-0.25, -0.2) is 0 Å². The Morgan fingerprint density at radius 3 is 1.11 bits per heavy atom. The minimum absolute atomic E-state index is 0.00176. The highest BCUT2D eigenvalue weighted by Gasteiger charge is 2.61. The van der Waals surface area contributed by atoms with Crippen molar-refractivity contribution in [2.45, 2.75) is 206 Å². The molecule has 0 saturated heterocycles. The summed E-state index contributed by atoms with van der Waals surface area (Å²) in [6.45, 7) is 38.9. The summed E-state index contributed by atoms with van der Waals surface area (Å²) in [5.41, 5.74) is 37.8. The number of benzene rings is 14. The first-order chi connectivity index (χ1) is 63.5. The van der Waals surface area contributed by atoms with Crippen molar-refractivity contribution in [3.63, 3.8) is 0 Å². The number of rotatable bonds is 4. The van der Waals surface area contributed by atoms with E-state index in [0.717, 1.165) is 12.8 Å². The highest BCUT2D eigenvalue weighted by atomic mass is 32.1. The molecule has 132 heavy (non-hydrogen) atoms. The van der Waals surface area contributed by atoms with Crippen molar-refractivity contribution in [2.24, 2.45) is 0 Å². The molecule has 0 radical (unpaired) electrons. The number of anilines is 10. The van der Waals surface area contributed by atoms with Crippen LogP contribution in [0.3, 0.4) is 0 Å². The summed E-state index contributed by atoms with van der Waals surface area (Å²) in [6.07, 6.45) is 9.67. The van der Waals surface area contributed by atoms with E-state index in [2.05, 4.69) is 406 Å². The Bertz CT molecular complexity index is 8500. The maximum Gasteiger partial charge on any atom is 0.252 e. The molecule has 8 aliphatic rings. The van der Waals surface area contributed by atoms with Crippen molar-refractivity contribution in [2.75, 3.05) is 19.6 Å². The minimum atomic E-state index is -0.117. The van der Waals surface area contributed by atoms with Gasteiger partial charge in [-0.15, -0.1) is 45.3 Å². The summed E-state index contributed by atoms with van der Waals surface area (Å²) in [7, 11) is 0. The smallest absolute Gasteiger partial charge is 0.252 e. The van der Waals surface area contributed by atoms with Crippen LogP contribution in [0, 0.1) is 0 Å². The molecule has 2 fully saturated rings. The fourth-order valence-electron chi connectivity index (χ4n) is 26.5. The van der Waals surface area contributed by atoms with Crippen molar-refractivity contribution in [1.29, 1.82) is 0 Å². The van der Waals surface area contributed by atoms with Crippen LogP contribution in [0.5, 0.6) is 0 Å². The van der Waals surface area contributed by atoms with E-state index in [1.807, 2.05) is 45.3 Å².